The number of nitrogens with one attached hydrogen (secondary N) is 1. The Bertz CT molecular complexity index is 351. The lowest BCUT2D eigenvalue weighted by Gasteiger charge is -2.30. The molecular weight excluding hydrogens is 272 g/mol. The molecule has 0 heterocycles. The molecule has 0 aliphatic rings. The second kappa shape index (κ2) is 11.0. The van der Waals surface area contributed by atoms with E-state index in [-0.39, 0.29) is 0 Å². The highest BCUT2D eigenvalue weighted by molar-refractivity contribution is 6.08. The summed E-state index contributed by atoms with van der Waals surface area (Å²) in [5.41, 5.74) is 1.45. The van der Waals surface area contributed by atoms with Crippen LogP contribution in [0.25, 0.3) is 0 Å². The molecule has 0 aliphatic heterocycles. The number of hydrogen-bond acceptors (Lipinski definition) is 1. The van der Waals surface area contributed by atoms with Gasteiger partial charge >= 0.3 is 0 Å². The van der Waals surface area contributed by atoms with Crippen molar-refractivity contribution in [3.8, 4) is 0 Å². The van der Waals surface area contributed by atoms with Crippen molar-refractivity contribution in [1.29, 1.82) is 0 Å². The minimum atomic E-state index is 0.911. The van der Waals surface area contributed by atoms with Crippen molar-refractivity contribution in [3.05, 3.63) is 35.9 Å². The SMILES string of the molecule is C[N+](C)(CCCCCCCCNC[Si])Cc1ccccc1. The molecule has 0 fully saturated rings. The average molecular weight is 305 g/mol. The van der Waals surface area contributed by atoms with Crippen LogP contribution >= 0.6 is 0 Å². The zero-order valence-corrected chi connectivity index (χ0v) is 14.9. The predicted octanol–water partition coefficient (Wildman–Crippen LogP) is 3.32. The summed E-state index contributed by atoms with van der Waals surface area (Å²) in [6.45, 7) is 3.56. The second-order valence-corrected chi connectivity index (χ2v) is 6.95. The molecule has 2 nitrogen and oxygen atoms in total. The molecule has 1 aromatic carbocycles. The molecule has 0 saturated carbocycles. The number of nitrogens with zero attached hydrogens (tertiary/aromatic N) is 1. The first kappa shape index (κ1) is 18.4. The zero-order valence-electron chi connectivity index (χ0n) is 13.9. The van der Waals surface area contributed by atoms with Crippen LogP contribution in [0.4, 0.5) is 0 Å². The molecule has 3 heteroatoms. The lowest BCUT2D eigenvalue weighted by atomic mass is 10.1. The van der Waals surface area contributed by atoms with Crippen LogP contribution in [-0.2, 0) is 6.54 Å². The Balaban J connectivity index is 2.03. The minimum Gasteiger partial charge on any atom is -0.325 e. The molecule has 3 radical (unpaired) electrons. The van der Waals surface area contributed by atoms with Crippen LogP contribution in [0.3, 0.4) is 0 Å². The Kier molecular flexibility index (Phi) is 9.64. The summed E-state index contributed by atoms with van der Waals surface area (Å²) in [7, 11) is 8.12. The molecule has 0 saturated heterocycles. The highest BCUT2D eigenvalue weighted by Gasteiger charge is 2.14. The molecule has 0 unspecified atom stereocenters. The van der Waals surface area contributed by atoms with E-state index in [9.17, 15) is 0 Å². The third kappa shape index (κ3) is 9.83. The van der Waals surface area contributed by atoms with Gasteiger partial charge in [-0.1, -0.05) is 49.6 Å². The van der Waals surface area contributed by atoms with Gasteiger partial charge in [-0.2, -0.15) is 0 Å². The Morgan fingerprint density at radius 2 is 1.52 bits per heavy atom. The lowest BCUT2D eigenvalue weighted by molar-refractivity contribution is -0.903. The fourth-order valence-corrected chi connectivity index (χ4v) is 2.92. The Hall–Kier alpha value is -0.643. The number of benzene rings is 1. The van der Waals surface area contributed by atoms with Crippen molar-refractivity contribution in [2.45, 2.75) is 45.1 Å². The third-order valence-electron chi connectivity index (χ3n) is 3.95. The molecule has 0 aliphatic carbocycles. The van der Waals surface area contributed by atoms with E-state index in [1.54, 1.807) is 0 Å². The molecule has 1 rings (SSSR count). The van der Waals surface area contributed by atoms with Crippen molar-refractivity contribution in [1.82, 2.24) is 5.32 Å². The zero-order chi connectivity index (χ0) is 15.4. The maximum atomic E-state index is 3.43. The van der Waals surface area contributed by atoms with Gasteiger partial charge in [-0.25, -0.2) is 0 Å². The standard InChI is InChI=1S/C18H32N2Si/c1-20(2,16-18-12-8-7-9-13-18)15-11-6-4-3-5-10-14-19-17-21/h7-9,12-13,19H,3-6,10-11,14-17H2,1-2H3/q+1. The van der Waals surface area contributed by atoms with E-state index in [0.717, 1.165) is 23.7 Å². The number of hydrogen-bond donors (Lipinski definition) is 1. The van der Waals surface area contributed by atoms with Crippen LogP contribution in [-0.4, -0.2) is 48.1 Å². The fourth-order valence-electron chi connectivity index (χ4n) is 2.74. The van der Waals surface area contributed by atoms with Gasteiger partial charge < -0.3 is 9.80 Å². The fraction of sp³-hybridized carbons (Fsp3) is 0.667. The van der Waals surface area contributed by atoms with Crippen LogP contribution in [0.2, 0.25) is 0 Å². The second-order valence-electron chi connectivity index (χ2n) is 6.60. The van der Waals surface area contributed by atoms with Crippen molar-refractivity contribution >= 4 is 10.2 Å². The van der Waals surface area contributed by atoms with Crippen molar-refractivity contribution < 1.29 is 4.48 Å². The normalized spacial score (nSPS) is 11.8. The first-order valence-corrected chi connectivity index (χ1v) is 9.06. The molecule has 0 amide bonds. The Morgan fingerprint density at radius 3 is 2.19 bits per heavy atom. The monoisotopic (exact) mass is 304 g/mol. The molecular formula is C18H32N2Si+. The highest BCUT2D eigenvalue weighted by Crippen LogP contribution is 2.12. The van der Waals surface area contributed by atoms with Gasteiger partial charge in [-0.3, -0.25) is 0 Å². The first-order valence-electron chi connectivity index (χ1n) is 8.35. The molecule has 0 spiro atoms. The van der Waals surface area contributed by atoms with E-state index in [0.29, 0.717) is 0 Å². The number of unbranched alkanes of at least 4 members (excludes halogenated alkanes) is 5. The summed E-state index contributed by atoms with van der Waals surface area (Å²) in [6, 6.07) is 10.8. The highest BCUT2D eigenvalue weighted by atomic mass is 28.1. The summed E-state index contributed by atoms with van der Waals surface area (Å²) in [5, 5.41) is 3.30. The van der Waals surface area contributed by atoms with Gasteiger partial charge in [-0.15, -0.1) is 0 Å². The summed E-state index contributed by atoms with van der Waals surface area (Å²) < 4.78 is 1.10. The molecule has 1 N–H and O–H groups in total. The molecule has 117 valence electrons. The average Bonchev–Trinajstić information content (AvgIpc) is 2.46. The Labute approximate surface area is 135 Å². The molecule has 21 heavy (non-hydrogen) atoms. The van der Waals surface area contributed by atoms with Crippen molar-refractivity contribution in [2.75, 3.05) is 33.4 Å². The van der Waals surface area contributed by atoms with Crippen molar-refractivity contribution in [3.63, 3.8) is 0 Å². The predicted molar refractivity (Wildman–Crippen MR) is 93.4 cm³/mol. The maximum Gasteiger partial charge on any atom is 0.104 e. The van der Waals surface area contributed by atoms with E-state index in [4.69, 9.17) is 0 Å². The molecule has 0 aromatic heterocycles. The van der Waals surface area contributed by atoms with Crippen LogP contribution in [0.15, 0.2) is 30.3 Å². The maximum absolute atomic E-state index is 3.43. The van der Waals surface area contributed by atoms with Crippen molar-refractivity contribution in [2.24, 2.45) is 0 Å². The van der Waals surface area contributed by atoms with Crippen LogP contribution in [0.5, 0.6) is 0 Å². The first-order chi connectivity index (χ1) is 10.1. The van der Waals surface area contributed by atoms with Gasteiger partial charge in [0.25, 0.3) is 0 Å². The van der Waals surface area contributed by atoms with E-state index in [2.05, 4.69) is 60.0 Å². The van der Waals surface area contributed by atoms with E-state index in [1.807, 2.05) is 0 Å². The summed E-state index contributed by atoms with van der Waals surface area (Å²) in [5.74, 6) is 0. The van der Waals surface area contributed by atoms with Gasteiger partial charge in [0.2, 0.25) is 0 Å². The van der Waals surface area contributed by atoms with E-state index >= 15 is 0 Å². The van der Waals surface area contributed by atoms with Gasteiger partial charge in [0, 0.05) is 15.8 Å². The topological polar surface area (TPSA) is 12.0 Å². The van der Waals surface area contributed by atoms with Gasteiger partial charge in [0.15, 0.2) is 0 Å². The smallest absolute Gasteiger partial charge is 0.104 e. The summed E-state index contributed by atoms with van der Waals surface area (Å²) in [4.78, 5) is 0. The summed E-state index contributed by atoms with van der Waals surface area (Å²) in [6.07, 6.45) is 9.08. The quantitative estimate of drug-likeness (QED) is 0.355. The Morgan fingerprint density at radius 1 is 0.905 bits per heavy atom. The molecule has 0 atom stereocenters. The molecule has 0 bridgehead atoms. The van der Waals surface area contributed by atoms with Crippen LogP contribution in [0, 0.1) is 0 Å². The number of rotatable bonds is 12. The summed E-state index contributed by atoms with van der Waals surface area (Å²) >= 11 is 0. The van der Waals surface area contributed by atoms with Gasteiger partial charge in [0.1, 0.15) is 6.54 Å². The van der Waals surface area contributed by atoms with Crippen LogP contribution in [0.1, 0.15) is 44.1 Å². The van der Waals surface area contributed by atoms with E-state index < -0.39 is 0 Å². The van der Waals surface area contributed by atoms with E-state index in [1.165, 1.54) is 50.6 Å². The largest absolute Gasteiger partial charge is 0.325 e. The van der Waals surface area contributed by atoms with Gasteiger partial charge in [-0.05, 0) is 32.0 Å². The molecule has 1 aromatic rings. The minimum absolute atomic E-state index is 0.911. The lowest BCUT2D eigenvalue weighted by Crippen LogP contribution is -2.39. The number of quaternary nitrogens is 1. The van der Waals surface area contributed by atoms with Crippen LogP contribution < -0.4 is 5.32 Å². The third-order valence-corrected chi connectivity index (χ3v) is 4.20. The van der Waals surface area contributed by atoms with Gasteiger partial charge in [0.05, 0.1) is 20.6 Å².